The van der Waals surface area contributed by atoms with Crippen molar-refractivity contribution in [3.05, 3.63) is 36.0 Å². The lowest BCUT2D eigenvalue weighted by atomic mass is 10.1. The van der Waals surface area contributed by atoms with Gasteiger partial charge in [-0.3, -0.25) is 4.90 Å². The first-order valence-corrected chi connectivity index (χ1v) is 7.69. The molecule has 1 aromatic heterocycles. The average molecular weight is 269 g/mol. The van der Waals surface area contributed by atoms with Crippen molar-refractivity contribution < 1.29 is 0 Å². The second-order valence-electron chi connectivity index (χ2n) is 6.56. The Balaban J connectivity index is 1.65. The first-order chi connectivity index (χ1) is 9.72. The lowest BCUT2D eigenvalue weighted by Gasteiger charge is -2.39. The van der Waals surface area contributed by atoms with Crippen molar-refractivity contribution in [1.29, 1.82) is 0 Å². The van der Waals surface area contributed by atoms with Crippen LogP contribution in [0, 0.1) is 0 Å². The third-order valence-electron chi connectivity index (χ3n) is 5.15. The van der Waals surface area contributed by atoms with Crippen LogP contribution in [0.25, 0.3) is 10.9 Å². The summed E-state index contributed by atoms with van der Waals surface area (Å²) in [5, 5.41) is 1.42. The summed E-state index contributed by atoms with van der Waals surface area (Å²) in [5.41, 5.74) is 2.84. The predicted octanol–water partition coefficient (Wildman–Crippen LogP) is 2.46. The molecule has 2 atom stereocenters. The molecule has 20 heavy (non-hydrogen) atoms. The Morgan fingerprint density at radius 1 is 1.05 bits per heavy atom. The lowest BCUT2D eigenvalue weighted by Crippen LogP contribution is -2.51. The smallest absolute Gasteiger partial charge is 0.0481 e. The second kappa shape index (κ2) is 4.61. The molecular formula is C17H23N3. The molecule has 2 unspecified atom stereocenters. The van der Waals surface area contributed by atoms with Crippen LogP contribution < -0.4 is 0 Å². The van der Waals surface area contributed by atoms with Crippen molar-refractivity contribution in [2.24, 2.45) is 7.05 Å². The molecule has 106 valence electrons. The van der Waals surface area contributed by atoms with E-state index in [1.54, 1.807) is 0 Å². The number of nitrogens with zero attached hydrogens (tertiary/aromatic N) is 3. The lowest BCUT2D eigenvalue weighted by molar-refractivity contribution is 0.0763. The van der Waals surface area contributed by atoms with Gasteiger partial charge in [0.15, 0.2) is 0 Å². The molecule has 2 bridgehead atoms. The van der Waals surface area contributed by atoms with Crippen LogP contribution in [0.1, 0.15) is 18.4 Å². The quantitative estimate of drug-likeness (QED) is 0.830. The average Bonchev–Trinajstić information content (AvgIpc) is 2.87. The second-order valence-corrected chi connectivity index (χ2v) is 6.56. The van der Waals surface area contributed by atoms with Crippen LogP contribution in [0.4, 0.5) is 0 Å². The van der Waals surface area contributed by atoms with Gasteiger partial charge < -0.3 is 9.47 Å². The number of hydrogen-bond donors (Lipinski definition) is 0. The maximum atomic E-state index is 2.75. The Hall–Kier alpha value is -1.32. The summed E-state index contributed by atoms with van der Waals surface area (Å²) in [5.74, 6) is 0. The molecule has 1 aromatic carbocycles. The Morgan fingerprint density at radius 2 is 1.75 bits per heavy atom. The van der Waals surface area contributed by atoms with Gasteiger partial charge in [-0.25, -0.2) is 0 Å². The van der Waals surface area contributed by atoms with E-state index < -0.39 is 0 Å². The maximum Gasteiger partial charge on any atom is 0.0481 e. The van der Waals surface area contributed by atoms with Gasteiger partial charge >= 0.3 is 0 Å². The molecule has 0 spiro atoms. The van der Waals surface area contributed by atoms with E-state index in [4.69, 9.17) is 0 Å². The molecule has 0 aliphatic carbocycles. The minimum atomic E-state index is 0.762. The van der Waals surface area contributed by atoms with Crippen LogP contribution in [0.5, 0.6) is 0 Å². The minimum absolute atomic E-state index is 0.762. The zero-order chi connectivity index (χ0) is 13.7. The molecule has 0 amide bonds. The highest BCUT2D eigenvalue weighted by Gasteiger charge is 2.38. The third kappa shape index (κ3) is 1.88. The van der Waals surface area contributed by atoms with E-state index in [2.05, 4.69) is 58.9 Å². The van der Waals surface area contributed by atoms with E-state index >= 15 is 0 Å². The summed E-state index contributed by atoms with van der Waals surface area (Å²) in [6, 6.07) is 10.3. The number of benzene rings is 1. The predicted molar refractivity (Wildman–Crippen MR) is 82.8 cm³/mol. The van der Waals surface area contributed by atoms with Gasteiger partial charge in [0.05, 0.1) is 0 Å². The summed E-state index contributed by atoms with van der Waals surface area (Å²) in [7, 11) is 4.42. The van der Waals surface area contributed by atoms with Crippen molar-refractivity contribution in [3.63, 3.8) is 0 Å². The topological polar surface area (TPSA) is 11.4 Å². The van der Waals surface area contributed by atoms with E-state index in [0.717, 1.165) is 18.6 Å². The highest BCUT2D eigenvalue weighted by atomic mass is 15.3. The first-order valence-electron chi connectivity index (χ1n) is 7.69. The fraction of sp³-hybridized carbons (Fsp3) is 0.529. The van der Waals surface area contributed by atoms with Crippen LogP contribution >= 0.6 is 0 Å². The number of rotatable bonds is 2. The van der Waals surface area contributed by atoms with Gasteiger partial charge in [0, 0.05) is 55.9 Å². The van der Waals surface area contributed by atoms with Gasteiger partial charge in [0.2, 0.25) is 0 Å². The Kier molecular flexibility index (Phi) is 2.86. The standard InChI is InChI=1S/C17H23N3/c1-18-11-14-7-8-15(12-18)20(14)10-13-9-19(2)17-6-4-3-5-16(13)17/h3-6,9,14-15H,7-8,10-12H2,1-2H3. The molecule has 0 radical (unpaired) electrons. The van der Waals surface area contributed by atoms with Crippen molar-refractivity contribution in [2.45, 2.75) is 31.5 Å². The van der Waals surface area contributed by atoms with Crippen molar-refractivity contribution in [1.82, 2.24) is 14.4 Å². The number of para-hydroxylation sites is 1. The summed E-state index contributed by atoms with van der Waals surface area (Å²) in [6.07, 6.45) is 5.07. The molecule has 2 aromatic rings. The summed E-state index contributed by atoms with van der Waals surface area (Å²) < 4.78 is 2.27. The molecule has 2 saturated heterocycles. The summed E-state index contributed by atoms with van der Waals surface area (Å²) >= 11 is 0. The molecule has 0 saturated carbocycles. The number of aromatic nitrogens is 1. The fourth-order valence-corrected chi connectivity index (χ4v) is 4.21. The number of aryl methyl sites for hydroxylation is 1. The number of likely N-dealkylation sites (N-methyl/N-ethyl adjacent to an activating group) is 1. The zero-order valence-electron chi connectivity index (χ0n) is 12.4. The highest BCUT2D eigenvalue weighted by Crippen LogP contribution is 2.32. The molecule has 0 N–H and O–H groups in total. The van der Waals surface area contributed by atoms with E-state index in [1.807, 2.05) is 0 Å². The number of likely N-dealkylation sites (tertiary alicyclic amines) is 1. The maximum absolute atomic E-state index is 2.75. The normalized spacial score (nSPS) is 27.5. The zero-order valence-corrected chi connectivity index (χ0v) is 12.4. The molecule has 3 heterocycles. The van der Waals surface area contributed by atoms with Gasteiger partial charge in [-0.2, -0.15) is 0 Å². The van der Waals surface area contributed by atoms with Crippen LogP contribution in [-0.2, 0) is 13.6 Å². The summed E-state index contributed by atoms with van der Waals surface area (Å²) in [4.78, 5) is 5.25. The van der Waals surface area contributed by atoms with Gasteiger partial charge in [-0.05, 0) is 31.5 Å². The number of fused-ring (bicyclic) bond motifs is 3. The molecule has 2 aliphatic rings. The van der Waals surface area contributed by atoms with Crippen LogP contribution in [0.3, 0.4) is 0 Å². The van der Waals surface area contributed by atoms with E-state index in [1.165, 1.54) is 42.4 Å². The SMILES string of the molecule is CN1CC2CCC(C1)N2Cc1cn(C)c2ccccc12. The van der Waals surface area contributed by atoms with Crippen LogP contribution in [0.15, 0.2) is 30.5 Å². The summed E-state index contributed by atoms with van der Waals surface area (Å²) in [6.45, 7) is 3.59. The Labute approximate surface area is 120 Å². The van der Waals surface area contributed by atoms with Crippen LogP contribution in [0.2, 0.25) is 0 Å². The molecule has 2 aliphatic heterocycles. The molecule has 2 fully saturated rings. The molecule has 3 nitrogen and oxygen atoms in total. The highest BCUT2D eigenvalue weighted by molar-refractivity contribution is 5.83. The van der Waals surface area contributed by atoms with Gasteiger partial charge in [-0.15, -0.1) is 0 Å². The Morgan fingerprint density at radius 3 is 2.50 bits per heavy atom. The monoisotopic (exact) mass is 269 g/mol. The van der Waals surface area contributed by atoms with Crippen LogP contribution in [-0.4, -0.2) is 46.6 Å². The number of hydrogen-bond acceptors (Lipinski definition) is 2. The van der Waals surface area contributed by atoms with Gasteiger partial charge in [-0.1, -0.05) is 18.2 Å². The van der Waals surface area contributed by atoms with E-state index in [9.17, 15) is 0 Å². The van der Waals surface area contributed by atoms with Gasteiger partial charge in [0.25, 0.3) is 0 Å². The van der Waals surface area contributed by atoms with Crippen molar-refractivity contribution >= 4 is 10.9 Å². The molecular weight excluding hydrogens is 246 g/mol. The van der Waals surface area contributed by atoms with E-state index in [-0.39, 0.29) is 0 Å². The fourth-order valence-electron chi connectivity index (χ4n) is 4.21. The minimum Gasteiger partial charge on any atom is -0.350 e. The van der Waals surface area contributed by atoms with Gasteiger partial charge in [0.1, 0.15) is 0 Å². The third-order valence-corrected chi connectivity index (χ3v) is 5.15. The van der Waals surface area contributed by atoms with Crippen molar-refractivity contribution in [2.75, 3.05) is 20.1 Å². The Bertz CT molecular complexity index is 616. The first kappa shape index (κ1) is 12.4. The largest absolute Gasteiger partial charge is 0.350 e. The molecule has 4 rings (SSSR count). The molecule has 3 heteroatoms. The van der Waals surface area contributed by atoms with Crippen molar-refractivity contribution in [3.8, 4) is 0 Å². The number of piperazine rings is 1. The van der Waals surface area contributed by atoms with E-state index in [0.29, 0.717) is 0 Å².